The van der Waals surface area contributed by atoms with Gasteiger partial charge in [0.25, 0.3) is 10.1 Å². The summed E-state index contributed by atoms with van der Waals surface area (Å²) in [6, 6.07) is 11.2. The molecule has 0 saturated carbocycles. The van der Waals surface area contributed by atoms with Gasteiger partial charge in [-0.15, -0.1) is 0 Å². The molecule has 0 atom stereocenters. The summed E-state index contributed by atoms with van der Waals surface area (Å²) in [5.74, 6) is 0. The molecule has 0 aliphatic heterocycles. The van der Waals surface area contributed by atoms with Gasteiger partial charge in [-0.05, 0) is 23.8 Å². The average Bonchev–Trinajstić information content (AvgIpc) is 2.77. The predicted molar refractivity (Wildman–Crippen MR) is 143 cm³/mol. The van der Waals surface area contributed by atoms with Crippen LogP contribution in [0, 0.1) is 0 Å². The molecule has 3 nitrogen and oxygen atoms in total. The number of benzene rings is 2. The van der Waals surface area contributed by atoms with Crippen molar-refractivity contribution in [3.05, 3.63) is 42.0 Å². The van der Waals surface area contributed by atoms with E-state index in [1.54, 1.807) is 6.07 Å². The van der Waals surface area contributed by atoms with Gasteiger partial charge in [0.2, 0.25) is 0 Å². The van der Waals surface area contributed by atoms with Gasteiger partial charge in [-0.25, -0.2) is 0 Å². The molecule has 0 amide bonds. The van der Waals surface area contributed by atoms with Crippen LogP contribution in [0.4, 0.5) is 0 Å². The molecule has 0 aromatic heterocycles. The van der Waals surface area contributed by atoms with Crippen molar-refractivity contribution in [1.82, 2.24) is 0 Å². The predicted octanol–water partition coefficient (Wildman–Crippen LogP) is 8.51. The van der Waals surface area contributed by atoms with Gasteiger partial charge in [0, 0.05) is 34.9 Å². The molecule has 0 fully saturated rings. The Morgan fingerprint density at radius 2 is 1.09 bits per heavy atom. The summed E-state index contributed by atoms with van der Waals surface area (Å²) in [6.07, 6.45) is 21.8. The van der Waals surface area contributed by atoms with Gasteiger partial charge in [0.1, 0.15) is 4.90 Å². The van der Waals surface area contributed by atoms with Crippen molar-refractivity contribution in [2.45, 2.75) is 121 Å². The van der Waals surface area contributed by atoms with Gasteiger partial charge in [0.15, 0.2) is 0 Å². The quantitative estimate of drug-likeness (QED) is 0.131. The van der Waals surface area contributed by atoms with Crippen molar-refractivity contribution < 1.29 is 13.0 Å². The molecular formula is C28H44NaO3S. The van der Waals surface area contributed by atoms with Gasteiger partial charge in [-0.2, -0.15) is 8.42 Å². The zero-order valence-electron chi connectivity index (χ0n) is 21.2. The van der Waals surface area contributed by atoms with Gasteiger partial charge in [0.05, 0.1) is 0 Å². The van der Waals surface area contributed by atoms with Crippen LogP contribution in [0.25, 0.3) is 10.8 Å². The van der Waals surface area contributed by atoms with E-state index in [4.69, 9.17) is 0 Å². The number of fused-ring (bicyclic) bond motifs is 1. The summed E-state index contributed by atoms with van der Waals surface area (Å²) in [5, 5.41) is 1.46. The summed E-state index contributed by atoms with van der Waals surface area (Å²) in [5.41, 5.74) is 0.733. The first kappa shape index (κ1) is 30.6. The van der Waals surface area contributed by atoms with Crippen molar-refractivity contribution in [2.75, 3.05) is 0 Å². The summed E-state index contributed by atoms with van der Waals surface area (Å²) in [4.78, 5) is 0.0940. The van der Waals surface area contributed by atoms with Gasteiger partial charge >= 0.3 is 0 Å². The van der Waals surface area contributed by atoms with E-state index in [1.165, 1.54) is 89.9 Å². The van der Waals surface area contributed by atoms with Crippen LogP contribution in [0.5, 0.6) is 0 Å². The number of unbranched alkanes of at least 4 members (excludes halogenated alkanes) is 15. The molecule has 2 rings (SSSR count). The summed E-state index contributed by atoms with van der Waals surface area (Å²) in [7, 11) is -4.23. The van der Waals surface area contributed by atoms with E-state index in [0.717, 1.165) is 23.8 Å². The molecular weight excluding hydrogens is 439 g/mol. The van der Waals surface area contributed by atoms with Gasteiger partial charge in [-0.3, -0.25) is 4.55 Å². The standard InChI is InChI=1S/C28H44O3S.Na/c1-2-3-4-5-6-7-8-9-10-11-12-13-14-15-16-17-21-26-24-23-25-20-18-19-22-27(25)28(26)32(29,30)31;/h18-20,22-24H,2-17,21H2,1H3,(H,29,30,31);. The normalized spacial score (nSPS) is 11.6. The minimum Gasteiger partial charge on any atom is -0.282 e. The first-order valence-electron chi connectivity index (χ1n) is 13.0. The molecule has 33 heavy (non-hydrogen) atoms. The van der Waals surface area contributed by atoms with Crippen LogP contribution in [0.2, 0.25) is 0 Å². The second-order valence-corrected chi connectivity index (χ2v) is 10.7. The van der Waals surface area contributed by atoms with E-state index in [0.29, 0.717) is 11.8 Å². The fraction of sp³-hybridized carbons (Fsp3) is 0.643. The summed E-state index contributed by atoms with van der Waals surface area (Å²) >= 11 is 0. The first-order valence-corrected chi connectivity index (χ1v) is 14.5. The van der Waals surface area contributed by atoms with Crippen LogP contribution in [0.1, 0.15) is 115 Å². The summed E-state index contributed by atoms with van der Waals surface area (Å²) < 4.78 is 33.8. The summed E-state index contributed by atoms with van der Waals surface area (Å²) in [6.45, 7) is 2.27. The molecule has 0 spiro atoms. The van der Waals surface area contributed by atoms with E-state index < -0.39 is 10.1 Å². The molecule has 181 valence electrons. The molecule has 0 saturated heterocycles. The van der Waals surface area contributed by atoms with Crippen molar-refractivity contribution in [3.8, 4) is 0 Å². The molecule has 2 aromatic carbocycles. The third-order valence-electron chi connectivity index (χ3n) is 6.52. The smallest absolute Gasteiger partial charge is 0.282 e. The maximum absolute atomic E-state index is 12.0. The SMILES string of the molecule is CCCCCCCCCCCCCCCCCCc1ccc2ccccc2c1S(=O)(=O)O.[Na]. The van der Waals surface area contributed by atoms with E-state index in [2.05, 4.69) is 6.92 Å². The average molecular weight is 484 g/mol. The molecule has 0 bridgehead atoms. The fourth-order valence-corrected chi connectivity index (χ4v) is 5.62. The molecule has 1 N–H and O–H groups in total. The van der Waals surface area contributed by atoms with Crippen molar-refractivity contribution in [3.63, 3.8) is 0 Å². The Hall–Kier alpha value is -0.390. The maximum atomic E-state index is 12.0. The van der Waals surface area contributed by atoms with Crippen molar-refractivity contribution >= 4 is 50.4 Å². The zero-order valence-corrected chi connectivity index (χ0v) is 24.0. The Morgan fingerprint density at radius 1 is 0.636 bits per heavy atom. The molecule has 2 aromatic rings. The second-order valence-electron chi connectivity index (χ2n) is 9.30. The van der Waals surface area contributed by atoms with Crippen LogP contribution in [-0.2, 0) is 16.5 Å². The van der Waals surface area contributed by atoms with E-state index >= 15 is 0 Å². The fourth-order valence-electron chi connectivity index (χ4n) is 4.65. The van der Waals surface area contributed by atoms with Crippen LogP contribution in [0.15, 0.2) is 41.3 Å². The van der Waals surface area contributed by atoms with E-state index in [9.17, 15) is 13.0 Å². The number of hydrogen-bond acceptors (Lipinski definition) is 2. The first-order chi connectivity index (χ1) is 15.5. The topological polar surface area (TPSA) is 54.4 Å². The number of aryl methyl sites for hydroxylation is 1. The molecule has 0 aliphatic rings. The van der Waals surface area contributed by atoms with Crippen molar-refractivity contribution in [2.24, 2.45) is 0 Å². The van der Waals surface area contributed by atoms with E-state index in [1.807, 2.05) is 30.3 Å². The largest absolute Gasteiger partial charge is 0.295 e. The van der Waals surface area contributed by atoms with Crippen LogP contribution in [-0.4, -0.2) is 42.5 Å². The second kappa shape index (κ2) is 18.0. The number of rotatable bonds is 18. The molecule has 5 heteroatoms. The van der Waals surface area contributed by atoms with Crippen LogP contribution < -0.4 is 0 Å². The number of hydrogen-bond donors (Lipinski definition) is 1. The Bertz CT molecular complexity index is 880. The molecule has 0 aliphatic carbocycles. The van der Waals surface area contributed by atoms with Crippen LogP contribution >= 0.6 is 0 Å². The molecule has 1 radical (unpaired) electrons. The third kappa shape index (κ3) is 12.2. The third-order valence-corrected chi connectivity index (χ3v) is 7.52. The zero-order chi connectivity index (χ0) is 23.1. The Balaban J connectivity index is 0.00000544. The monoisotopic (exact) mass is 483 g/mol. The minimum atomic E-state index is -4.23. The van der Waals surface area contributed by atoms with Crippen LogP contribution in [0.3, 0.4) is 0 Å². The Labute approximate surface area is 225 Å². The Morgan fingerprint density at radius 3 is 1.58 bits per heavy atom. The minimum absolute atomic E-state index is 0. The Kier molecular flexibility index (Phi) is 16.7. The molecule has 0 unspecified atom stereocenters. The van der Waals surface area contributed by atoms with Gasteiger partial charge in [-0.1, -0.05) is 140 Å². The maximum Gasteiger partial charge on any atom is 0.295 e. The van der Waals surface area contributed by atoms with E-state index in [-0.39, 0.29) is 34.5 Å². The van der Waals surface area contributed by atoms with Crippen molar-refractivity contribution in [1.29, 1.82) is 0 Å². The molecule has 0 heterocycles. The van der Waals surface area contributed by atoms with Gasteiger partial charge < -0.3 is 0 Å².